The summed E-state index contributed by atoms with van der Waals surface area (Å²) < 4.78 is 27.4. The van der Waals surface area contributed by atoms with E-state index < -0.39 is 15.6 Å². The molecule has 0 atom stereocenters. The summed E-state index contributed by atoms with van der Waals surface area (Å²) in [5.74, 6) is 0. The minimum absolute atomic E-state index is 0.227. The van der Waals surface area contributed by atoms with Gasteiger partial charge in [-0.15, -0.1) is 0 Å². The number of hydrogen-bond donors (Lipinski definition) is 2. The van der Waals surface area contributed by atoms with Crippen LogP contribution in [0.3, 0.4) is 0 Å². The molecule has 0 heterocycles. The zero-order chi connectivity index (χ0) is 13.3. The number of nitrogens with one attached hydrogen (secondary N) is 1. The Morgan fingerprint density at radius 2 is 2.00 bits per heavy atom. The second-order valence-corrected chi connectivity index (χ2v) is 7.13. The van der Waals surface area contributed by atoms with E-state index in [-0.39, 0.29) is 11.4 Å². The van der Waals surface area contributed by atoms with Crippen molar-refractivity contribution in [2.24, 2.45) is 5.73 Å². The fraction of sp³-hybridized carbons (Fsp3) is 0.455. The third-order valence-corrected chi connectivity index (χ3v) is 4.97. The van der Waals surface area contributed by atoms with Crippen LogP contribution >= 0.6 is 15.9 Å². The molecule has 0 radical (unpaired) electrons. The minimum atomic E-state index is -3.55. The van der Waals surface area contributed by atoms with Crippen molar-refractivity contribution in [1.29, 1.82) is 0 Å². The van der Waals surface area contributed by atoms with Gasteiger partial charge in [-0.1, -0.05) is 6.07 Å². The van der Waals surface area contributed by atoms with Gasteiger partial charge in [0.05, 0.1) is 4.90 Å². The summed E-state index contributed by atoms with van der Waals surface area (Å²) >= 11 is 3.26. The summed E-state index contributed by atoms with van der Waals surface area (Å²) in [5.41, 5.74) is 5.85. The first-order chi connectivity index (χ1) is 7.68. The van der Waals surface area contributed by atoms with Gasteiger partial charge in [0.2, 0.25) is 10.0 Å². The average molecular weight is 321 g/mol. The number of halogens is 1. The largest absolute Gasteiger partial charge is 0.329 e. The molecule has 17 heavy (non-hydrogen) atoms. The number of rotatable bonds is 4. The standard InChI is InChI=1S/C11H17BrN2O2S/c1-8-4-5-10(9(12)6-8)17(15,16)14-11(2,3)7-13/h4-6,14H,7,13H2,1-3H3. The fourth-order valence-electron chi connectivity index (χ4n) is 1.28. The molecule has 96 valence electrons. The van der Waals surface area contributed by atoms with Crippen LogP contribution in [0.25, 0.3) is 0 Å². The van der Waals surface area contributed by atoms with Crippen molar-refractivity contribution >= 4 is 26.0 Å². The van der Waals surface area contributed by atoms with E-state index in [1.54, 1.807) is 32.0 Å². The molecule has 4 nitrogen and oxygen atoms in total. The Morgan fingerprint density at radius 3 is 2.47 bits per heavy atom. The maximum Gasteiger partial charge on any atom is 0.242 e. The first-order valence-corrected chi connectivity index (χ1v) is 7.46. The van der Waals surface area contributed by atoms with Crippen LogP contribution in [0.2, 0.25) is 0 Å². The topological polar surface area (TPSA) is 72.2 Å². The van der Waals surface area contributed by atoms with E-state index in [2.05, 4.69) is 20.7 Å². The zero-order valence-corrected chi connectivity index (χ0v) is 12.5. The molecular formula is C11H17BrN2O2S. The van der Waals surface area contributed by atoms with Crippen molar-refractivity contribution in [3.05, 3.63) is 28.2 Å². The molecule has 1 rings (SSSR count). The third kappa shape index (κ3) is 3.77. The Bertz CT molecular complexity index is 512. The fourth-order valence-corrected chi connectivity index (χ4v) is 3.90. The van der Waals surface area contributed by atoms with Crippen LogP contribution in [0, 0.1) is 6.92 Å². The Labute approximate surface area is 111 Å². The van der Waals surface area contributed by atoms with Gasteiger partial charge in [0.1, 0.15) is 0 Å². The molecule has 3 N–H and O–H groups in total. The van der Waals surface area contributed by atoms with Gasteiger partial charge in [-0.05, 0) is 54.4 Å². The Morgan fingerprint density at radius 1 is 1.41 bits per heavy atom. The molecule has 0 fully saturated rings. The number of sulfonamides is 1. The van der Waals surface area contributed by atoms with Gasteiger partial charge in [0, 0.05) is 16.6 Å². The summed E-state index contributed by atoms with van der Waals surface area (Å²) in [4.78, 5) is 0.227. The molecule has 6 heteroatoms. The molecule has 0 aliphatic rings. The van der Waals surface area contributed by atoms with Crippen LogP contribution < -0.4 is 10.5 Å². The van der Waals surface area contributed by atoms with Gasteiger partial charge < -0.3 is 5.73 Å². The third-order valence-electron chi connectivity index (χ3n) is 2.30. The maximum absolute atomic E-state index is 12.1. The summed E-state index contributed by atoms with van der Waals surface area (Å²) in [6, 6.07) is 5.10. The molecule has 0 aliphatic carbocycles. The van der Waals surface area contributed by atoms with Gasteiger partial charge in [0.15, 0.2) is 0 Å². The van der Waals surface area contributed by atoms with Crippen molar-refractivity contribution in [3.8, 4) is 0 Å². The lowest BCUT2D eigenvalue weighted by molar-refractivity contribution is 0.462. The lowest BCUT2D eigenvalue weighted by Crippen LogP contribution is -2.48. The van der Waals surface area contributed by atoms with E-state index in [4.69, 9.17) is 5.73 Å². The van der Waals surface area contributed by atoms with Crippen LogP contribution in [0.4, 0.5) is 0 Å². The van der Waals surface area contributed by atoms with E-state index in [1.165, 1.54) is 0 Å². The molecule has 0 amide bonds. The SMILES string of the molecule is Cc1ccc(S(=O)(=O)NC(C)(C)CN)c(Br)c1. The summed E-state index contributed by atoms with van der Waals surface area (Å²) in [6.07, 6.45) is 0. The molecule has 0 unspecified atom stereocenters. The molecular weight excluding hydrogens is 304 g/mol. The van der Waals surface area contributed by atoms with Gasteiger partial charge in [-0.2, -0.15) is 0 Å². The highest BCUT2D eigenvalue weighted by Gasteiger charge is 2.26. The molecule has 0 spiro atoms. The van der Waals surface area contributed by atoms with Crippen LogP contribution in [-0.4, -0.2) is 20.5 Å². The van der Waals surface area contributed by atoms with E-state index in [0.29, 0.717) is 4.47 Å². The second kappa shape index (κ2) is 5.06. The molecule has 0 saturated carbocycles. The molecule has 1 aromatic rings. The maximum atomic E-state index is 12.1. The molecule has 0 bridgehead atoms. The van der Waals surface area contributed by atoms with E-state index in [1.807, 2.05) is 6.92 Å². The summed E-state index contributed by atoms with van der Waals surface area (Å²) in [7, 11) is -3.55. The van der Waals surface area contributed by atoms with Crippen molar-refractivity contribution in [2.45, 2.75) is 31.2 Å². The number of aryl methyl sites for hydroxylation is 1. The molecule has 0 saturated heterocycles. The van der Waals surface area contributed by atoms with Gasteiger partial charge in [0.25, 0.3) is 0 Å². The number of hydrogen-bond acceptors (Lipinski definition) is 3. The van der Waals surface area contributed by atoms with Crippen molar-refractivity contribution in [3.63, 3.8) is 0 Å². The predicted molar refractivity (Wildman–Crippen MR) is 72.3 cm³/mol. The first kappa shape index (κ1) is 14.6. The van der Waals surface area contributed by atoms with Crippen LogP contribution in [0.15, 0.2) is 27.6 Å². The highest BCUT2D eigenvalue weighted by molar-refractivity contribution is 9.10. The van der Waals surface area contributed by atoms with Crippen molar-refractivity contribution < 1.29 is 8.42 Å². The minimum Gasteiger partial charge on any atom is -0.329 e. The van der Waals surface area contributed by atoms with E-state index >= 15 is 0 Å². The Kier molecular flexibility index (Phi) is 4.35. The van der Waals surface area contributed by atoms with Crippen LogP contribution in [0.1, 0.15) is 19.4 Å². The van der Waals surface area contributed by atoms with Crippen molar-refractivity contribution in [1.82, 2.24) is 4.72 Å². The average Bonchev–Trinajstić information content (AvgIpc) is 2.15. The van der Waals surface area contributed by atoms with Crippen LogP contribution in [-0.2, 0) is 10.0 Å². The first-order valence-electron chi connectivity index (χ1n) is 5.18. The second-order valence-electron chi connectivity index (χ2n) is 4.63. The van der Waals surface area contributed by atoms with Crippen LogP contribution in [0.5, 0.6) is 0 Å². The highest BCUT2D eigenvalue weighted by Crippen LogP contribution is 2.23. The molecule has 0 aromatic heterocycles. The van der Waals surface area contributed by atoms with E-state index in [9.17, 15) is 8.42 Å². The lowest BCUT2D eigenvalue weighted by atomic mass is 10.1. The quantitative estimate of drug-likeness (QED) is 0.888. The van der Waals surface area contributed by atoms with Gasteiger partial charge >= 0.3 is 0 Å². The monoisotopic (exact) mass is 320 g/mol. The zero-order valence-electron chi connectivity index (χ0n) is 10.1. The number of nitrogens with two attached hydrogens (primary N) is 1. The normalized spacial score (nSPS) is 12.8. The molecule has 0 aliphatic heterocycles. The highest BCUT2D eigenvalue weighted by atomic mass is 79.9. The lowest BCUT2D eigenvalue weighted by Gasteiger charge is -2.24. The summed E-state index contributed by atoms with van der Waals surface area (Å²) in [5, 5.41) is 0. The molecule has 1 aromatic carbocycles. The van der Waals surface area contributed by atoms with E-state index in [0.717, 1.165) is 5.56 Å². The summed E-state index contributed by atoms with van der Waals surface area (Å²) in [6.45, 7) is 5.62. The smallest absolute Gasteiger partial charge is 0.242 e. The Balaban J connectivity index is 3.14. The van der Waals surface area contributed by atoms with Gasteiger partial charge in [-0.25, -0.2) is 13.1 Å². The van der Waals surface area contributed by atoms with Gasteiger partial charge in [-0.3, -0.25) is 0 Å². The van der Waals surface area contributed by atoms with Crippen molar-refractivity contribution in [2.75, 3.05) is 6.54 Å². The Hall–Kier alpha value is -0.430. The predicted octanol–water partition coefficient (Wildman–Crippen LogP) is 1.77. The number of benzene rings is 1.